The van der Waals surface area contributed by atoms with Gasteiger partial charge in [-0.25, -0.2) is 0 Å². The summed E-state index contributed by atoms with van der Waals surface area (Å²) in [5, 5.41) is 3.69. The van der Waals surface area contributed by atoms with Crippen LogP contribution in [-0.4, -0.2) is 66.6 Å². The van der Waals surface area contributed by atoms with Crippen LogP contribution in [0.3, 0.4) is 0 Å². The van der Waals surface area contributed by atoms with Gasteiger partial charge in [-0.3, -0.25) is 4.90 Å². The van der Waals surface area contributed by atoms with E-state index in [1.54, 1.807) is 0 Å². The molecule has 2 atom stereocenters. The van der Waals surface area contributed by atoms with E-state index in [1.165, 1.54) is 43.2 Å². The summed E-state index contributed by atoms with van der Waals surface area (Å²) in [7, 11) is 0. The highest BCUT2D eigenvalue weighted by Gasteiger charge is 2.26. The van der Waals surface area contributed by atoms with Gasteiger partial charge in [-0.2, -0.15) is 11.8 Å². The first kappa shape index (κ1) is 15.3. The third-order valence-corrected chi connectivity index (χ3v) is 5.65. The minimum atomic E-state index is 0.485. The lowest BCUT2D eigenvalue weighted by molar-refractivity contribution is 0.123. The van der Waals surface area contributed by atoms with E-state index in [2.05, 4.69) is 64.1 Å². The molecule has 0 saturated carbocycles. The Balaban J connectivity index is 1.53. The maximum atomic E-state index is 3.69. The fraction of sp³-hybridized carbons (Fsp3) is 0.647. The fourth-order valence-corrected chi connectivity index (χ4v) is 4.21. The monoisotopic (exact) mass is 305 g/mol. The molecule has 2 aliphatic heterocycles. The molecule has 0 aromatic heterocycles. The van der Waals surface area contributed by atoms with Crippen molar-refractivity contribution in [3.8, 4) is 0 Å². The van der Waals surface area contributed by atoms with E-state index in [9.17, 15) is 0 Å². The topological polar surface area (TPSA) is 18.5 Å². The lowest BCUT2D eigenvalue weighted by Gasteiger charge is -2.40. The third kappa shape index (κ3) is 4.22. The Kier molecular flexibility index (Phi) is 5.58. The summed E-state index contributed by atoms with van der Waals surface area (Å²) in [5.41, 5.74) is 1.42. The minimum absolute atomic E-state index is 0.485. The molecule has 1 aromatic carbocycles. The Bertz CT molecular complexity index is 419. The molecule has 116 valence electrons. The number of nitrogens with one attached hydrogen (secondary N) is 1. The molecule has 0 bridgehead atoms. The second-order valence-electron chi connectivity index (χ2n) is 6.17. The van der Waals surface area contributed by atoms with Crippen LogP contribution in [0.15, 0.2) is 30.3 Å². The standard InChI is InChI=1S/C17H27N3S/c1-15-13-18-17(16-5-3-2-4-6-16)14-20(15)8-7-19-9-11-21-12-10-19/h2-6,15,17-18H,7-14H2,1H3. The van der Waals surface area contributed by atoms with Gasteiger partial charge in [0.05, 0.1) is 0 Å². The molecule has 0 radical (unpaired) electrons. The van der Waals surface area contributed by atoms with Gasteiger partial charge in [-0.1, -0.05) is 30.3 Å². The molecule has 1 N–H and O–H groups in total. The van der Waals surface area contributed by atoms with Crippen molar-refractivity contribution in [1.29, 1.82) is 0 Å². The van der Waals surface area contributed by atoms with Crippen molar-refractivity contribution in [1.82, 2.24) is 15.1 Å². The second-order valence-corrected chi connectivity index (χ2v) is 7.39. The van der Waals surface area contributed by atoms with E-state index in [-0.39, 0.29) is 0 Å². The highest BCUT2D eigenvalue weighted by Crippen LogP contribution is 2.19. The molecule has 0 aliphatic carbocycles. The van der Waals surface area contributed by atoms with Gasteiger partial charge in [0.1, 0.15) is 0 Å². The molecule has 1 aromatic rings. The number of nitrogens with zero attached hydrogens (tertiary/aromatic N) is 2. The molecule has 3 rings (SSSR count). The molecular weight excluding hydrogens is 278 g/mol. The van der Waals surface area contributed by atoms with Gasteiger partial charge in [0.15, 0.2) is 0 Å². The first-order valence-electron chi connectivity index (χ1n) is 8.15. The maximum Gasteiger partial charge on any atom is 0.0449 e. The Labute approximate surface area is 133 Å². The average molecular weight is 305 g/mol. The number of rotatable bonds is 4. The van der Waals surface area contributed by atoms with Crippen LogP contribution >= 0.6 is 11.8 Å². The van der Waals surface area contributed by atoms with Crippen molar-refractivity contribution in [3.63, 3.8) is 0 Å². The second kappa shape index (κ2) is 7.63. The number of benzene rings is 1. The lowest BCUT2D eigenvalue weighted by atomic mass is 10.0. The number of hydrogen-bond donors (Lipinski definition) is 1. The van der Waals surface area contributed by atoms with Gasteiger partial charge in [0, 0.05) is 62.9 Å². The van der Waals surface area contributed by atoms with Crippen molar-refractivity contribution in [2.45, 2.75) is 19.0 Å². The zero-order valence-electron chi connectivity index (χ0n) is 13.0. The normalized spacial score (nSPS) is 28.6. The van der Waals surface area contributed by atoms with Crippen LogP contribution in [0.5, 0.6) is 0 Å². The van der Waals surface area contributed by atoms with Crippen LogP contribution in [0, 0.1) is 0 Å². The van der Waals surface area contributed by atoms with Crippen LogP contribution in [0.4, 0.5) is 0 Å². The van der Waals surface area contributed by atoms with Crippen molar-refractivity contribution >= 4 is 11.8 Å². The van der Waals surface area contributed by atoms with E-state index in [1.807, 2.05) is 0 Å². The van der Waals surface area contributed by atoms with Crippen molar-refractivity contribution < 1.29 is 0 Å². The number of thioether (sulfide) groups is 1. The molecule has 2 saturated heterocycles. The number of piperazine rings is 1. The zero-order chi connectivity index (χ0) is 14.5. The molecule has 2 unspecified atom stereocenters. The molecule has 2 aliphatic rings. The summed E-state index contributed by atoms with van der Waals surface area (Å²) in [5.74, 6) is 2.62. The molecule has 21 heavy (non-hydrogen) atoms. The van der Waals surface area contributed by atoms with E-state index >= 15 is 0 Å². The van der Waals surface area contributed by atoms with E-state index in [4.69, 9.17) is 0 Å². The Hall–Kier alpha value is -0.550. The van der Waals surface area contributed by atoms with Gasteiger partial charge < -0.3 is 10.2 Å². The molecule has 0 spiro atoms. The Morgan fingerprint density at radius 2 is 1.90 bits per heavy atom. The summed E-state index contributed by atoms with van der Waals surface area (Å²) in [6, 6.07) is 12.0. The van der Waals surface area contributed by atoms with E-state index in [0.29, 0.717) is 12.1 Å². The van der Waals surface area contributed by atoms with Crippen LogP contribution in [0.1, 0.15) is 18.5 Å². The summed E-state index contributed by atoms with van der Waals surface area (Å²) in [6.07, 6.45) is 0. The van der Waals surface area contributed by atoms with Crippen LogP contribution in [0.25, 0.3) is 0 Å². The highest BCUT2D eigenvalue weighted by atomic mass is 32.2. The maximum absolute atomic E-state index is 3.69. The average Bonchev–Trinajstić information content (AvgIpc) is 2.56. The van der Waals surface area contributed by atoms with Crippen molar-refractivity contribution in [3.05, 3.63) is 35.9 Å². The SMILES string of the molecule is CC1CNC(c2ccccc2)CN1CCN1CCSCC1. The lowest BCUT2D eigenvalue weighted by Crippen LogP contribution is -2.53. The zero-order valence-corrected chi connectivity index (χ0v) is 13.8. The van der Waals surface area contributed by atoms with Crippen LogP contribution in [0.2, 0.25) is 0 Å². The smallest absolute Gasteiger partial charge is 0.0449 e. The van der Waals surface area contributed by atoms with E-state index < -0.39 is 0 Å². The summed E-state index contributed by atoms with van der Waals surface area (Å²) >= 11 is 2.09. The summed E-state index contributed by atoms with van der Waals surface area (Å²) in [4.78, 5) is 5.29. The molecule has 4 heteroatoms. The van der Waals surface area contributed by atoms with Gasteiger partial charge in [-0.05, 0) is 12.5 Å². The molecule has 0 amide bonds. The molecule has 2 fully saturated rings. The van der Waals surface area contributed by atoms with Crippen LogP contribution < -0.4 is 5.32 Å². The first-order valence-corrected chi connectivity index (χ1v) is 9.31. The predicted octanol–water partition coefficient (Wildman–Crippen LogP) is 2.07. The van der Waals surface area contributed by atoms with E-state index in [0.717, 1.165) is 13.1 Å². The Morgan fingerprint density at radius 1 is 1.14 bits per heavy atom. The minimum Gasteiger partial charge on any atom is -0.307 e. The molecular formula is C17H27N3S. The van der Waals surface area contributed by atoms with Gasteiger partial charge in [0.25, 0.3) is 0 Å². The quantitative estimate of drug-likeness (QED) is 0.917. The van der Waals surface area contributed by atoms with Gasteiger partial charge in [0.2, 0.25) is 0 Å². The molecule has 3 nitrogen and oxygen atoms in total. The highest BCUT2D eigenvalue weighted by molar-refractivity contribution is 7.99. The molecule has 2 heterocycles. The van der Waals surface area contributed by atoms with Crippen molar-refractivity contribution in [2.75, 3.05) is 50.8 Å². The Morgan fingerprint density at radius 3 is 2.67 bits per heavy atom. The third-order valence-electron chi connectivity index (χ3n) is 4.71. The summed E-state index contributed by atoms with van der Waals surface area (Å²) < 4.78 is 0. The predicted molar refractivity (Wildman–Crippen MR) is 92.0 cm³/mol. The largest absolute Gasteiger partial charge is 0.307 e. The fourth-order valence-electron chi connectivity index (χ4n) is 3.24. The van der Waals surface area contributed by atoms with Crippen molar-refractivity contribution in [2.24, 2.45) is 0 Å². The van der Waals surface area contributed by atoms with Gasteiger partial charge in [-0.15, -0.1) is 0 Å². The van der Waals surface area contributed by atoms with Crippen LogP contribution in [-0.2, 0) is 0 Å². The van der Waals surface area contributed by atoms with Gasteiger partial charge >= 0.3 is 0 Å². The first-order chi connectivity index (χ1) is 10.3. The number of hydrogen-bond acceptors (Lipinski definition) is 4. The summed E-state index contributed by atoms with van der Waals surface area (Å²) in [6.45, 7) is 9.55.